The van der Waals surface area contributed by atoms with Crippen LogP contribution in [0, 0.1) is 0 Å². The number of nitrogens with zero attached hydrogens (tertiary/aromatic N) is 2. The molecule has 2 amide bonds. The minimum Gasteiger partial charge on any atom is -0.497 e. The van der Waals surface area contributed by atoms with Gasteiger partial charge in [-0.3, -0.25) is 4.68 Å². The first-order chi connectivity index (χ1) is 11.1. The number of nitrogens with one attached hydrogen (secondary N) is 2. The van der Waals surface area contributed by atoms with Crippen molar-refractivity contribution in [1.82, 2.24) is 20.4 Å². The van der Waals surface area contributed by atoms with Crippen LogP contribution in [0.3, 0.4) is 0 Å². The highest BCUT2D eigenvalue weighted by atomic mass is 16.5. The van der Waals surface area contributed by atoms with Crippen molar-refractivity contribution in [3.05, 3.63) is 48.3 Å². The van der Waals surface area contributed by atoms with Crippen molar-refractivity contribution in [2.75, 3.05) is 13.7 Å². The number of hydrogen-bond donors (Lipinski definition) is 3. The molecular weight excluding hydrogens is 296 g/mol. The molecule has 0 aliphatic carbocycles. The first-order valence-corrected chi connectivity index (χ1v) is 7.42. The molecule has 1 heterocycles. The predicted molar refractivity (Wildman–Crippen MR) is 86.2 cm³/mol. The zero-order valence-corrected chi connectivity index (χ0v) is 13.3. The van der Waals surface area contributed by atoms with Gasteiger partial charge in [0.2, 0.25) is 0 Å². The van der Waals surface area contributed by atoms with Gasteiger partial charge in [-0.15, -0.1) is 0 Å². The molecular formula is C16H22N4O3. The number of urea groups is 1. The van der Waals surface area contributed by atoms with Crippen molar-refractivity contribution in [2.24, 2.45) is 0 Å². The maximum Gasteiger partial charge on any atom is 0.315 e. The Morgan fingerprint density at radius 3 is 2.74 bits per heavy atom. The Balaban J connectivity index is 1.74. The third-order valence-corrected chi connectivity index (χ3v) is 3.35. The fraction of sp³-hybridized carbons (Fsp3) is 0.375. The van der Waals surface area contributed by atoms with Crippen LogP contribution in [0.15, 0.2) is 42.7 Å². The maximum atomic E-state index is 11.8. The Hall–Kier alpha value is -2.54. The summed E-state index contributed by atoms with van der Waals surface area (Å²) in [4.78, 5) is 11.8. The molecule has 0 aliphatic rings. The molecule has 2 aromatic rings. The number of hydrogen-bond acceptors (Lipinski definition) is 4. The molecule has 0 bridgehead atoms. The average Bonchev–Trinajstić information content (AvgIpc) is 3.05. The van der Waals surface area contributed by atoms with Gasteiger partial charge < -0.3 is 20.5 Å². The van der Waals surface area contributed by atoms with Gasteiger partial charge in [-0.25, -0.2) is 4.79 Å². The largest absolute Gasteiger partial charge is 0.497 e. The van der Waals surface area contributed by atoms with Crippen molar-refractivity contribution in [3.63, 3.8) is 0 Å². The highest BCUT2D eigenvalue weighted by Gasteiger charge is 2.11. The van der Waals surface area contributed by atoms with E-state index >= 15 is 0 Å². The Bertz CT molecular complexity index is 598. The molecule has 0 spiro atoms. The fourth-order valence-electron chi connectivity index (χ4n) is 2.14. The van der Waals surface area contributed by atoms with Gasteiger partial charge in [-0.05, 0) is 30.7 Å². The van der Waals surface area contributed by atoms with Gasteiger partial charge in [0.25, 0.3) is 0 Å². The molecule has 1 aromatic carbocycles. The van der Waals surface area contributed by atoms with Gasteiger partial charge in [-0.1, -0.05) is 12.1 Å². The standard InChI is InChI=1S/C16H22N4O3/c1-12(11-20-9-3-8-18-20)19-16(22)17-10-15(21)13-4-6-14(23-2)7-5-13/h3-9,12,15,21H,10-11H2,1-2H3,(H2,17,19,22)/t12-,15+/m0/s1. The van der Waals surface area contributed by atoms with Crippen molar-refractivity contribution >= 4 is 6.03 Å². The third-order valence-electron chi connectivity index (χ3n) is 3.35. The molecule has 0 saturated heterocycles. The fourth-order valence-corrected chi connectivity index (χ4v) is 2.14. The number of amides is 2. The highest BCUT2D eigenvalue weighted by molar-refractivity contribution is 5.74. The Kier molecular flexibility index (Phi) is 5.99. The number of benzene rings is 1. The maximum absolute atomic E-state index is 11.8. The molecule has 7 heteroatoms. The Morgan fingerprint density at radius 1 is 1.39 bits per heavy atom. The van der Waals surface area contributed by atoms with Gasteiger partial charge in [0.05, 0.1) is 19.8 Å². The quantitative estimate of drug-likeness (QED) is 0.718. The van der Waals surface area contributed by atoms with Crippen LogP contribution in [0.5, 0.6) is 5.75 Å². The van der Waals surface area contributed by atoms with Crippen LogP contribution in [0.1, 0.15) is 18.6 Å². The monoisotopic (exact) mass is 318 g/mol. The number of aliphatic hydroxyl groups excluding tert-OH is 1. The normalized spacial score (nSPS) is 13.2. The van der Waals surface area contributed by atoms with Gasteiger partial charge in [0.1, 0.15) is 5.75 Å². The molecule has 0 radical (unpaired) electrons. The molecule has 3 N–H and O–H groups in total. The van der Waals surface area contributed by atoms with Crippen LogP contribution in [0.25, 0.3) is 0 Å². The summed E-state index contributed by atoms with van der Waals surface area (Å²) in [6.45, 7) is 2.61. The summed E-state index contributed by atoms with van der Waals surface area (Å²) in [5.74, 6) is 0.721. The second-order valence-electron chi connectivity index (χ2n) is 5.27. The predicted octanol–water partition coefficient (Wildman–Crippen LogP) is 1.31. The molecule has 2 atom stereocenters. The average molecular weight is 318 g/mol. The Morgan fingerprint density at radius 2 is 2.13 bits per heavy atom. The van der Waals surface area contributed by atoms with Gasteiger partial charge in [0, 0.05) is 25.0 Å². The van der Waals surface area contributed by atoms with Crippen molar-refractivity contribution in [2.45, 2.75) is 25.6 Å². The van der Waals surface area contributed by atoms with Crippen LogP contribution in [0.4, 0.5) is 4.79 Å². The smallest absolute Gasteiger partial charge is 0.315 e. The molecule has 124 valence electrons. The summed E-state index contributed by atoms with van der Waals surface area (Å²) in [6, 6.07) is 8.51. The number of methoxy groups -OCH3 is 1. The van der Waals surface area contributed by atoms with E-state index in [-0.39, 0.29) is 18.6 Å². The topological polar surface area (TPSA) is 88.4 Å². The number of ether oxygens (including phenoxy) is 1. The number of rotatable bonds is 7. The summed E-state index contributed by atoms with van der Waals surface area (Å²) in [5.41, 5.74) is 0.718. The van der Waals surface area contributed by atoms with Gasteiger partial charge in [-0.2, -0.15) is 5.10 Å². The lowest BCUT2D eigenvalue weighted by Crippen LogP contribution is -2.43. The van der Waals surface area contributed by atoms with E-state index < -0.39 is 6.10 Å². The summed E-state index contributed by atoms with van der Waals surface area (Å²) in [5, 5.41) is 19.6. The van der Waals surface area contributed by atoms with Crippen molar-refractivity contribution in [3.8, 4) is 5.75 Å². The van der Waals surface area contributed by atoms with E-state index in [4.69, 9.17) is 4.74 Å². The number of carbonyl (C=O) groups is 1. The zero-order valence-electron chi connectivity index (χ0n) is 13.3. The van der Waals surface area contributed by atoms with E-state index in [1.54, 1.807) is 42.3 Å². The summed E-state index contributed by atoms with van der Waals surface area (Å²) >= 11 is 0. The minimum atomic E-state index is -0.770. The summed E-state index contributed by atoms with van der Waals surface area (Å²) in [7, 11) is 1.59. The minimum absolute atomic E-state index is 0.0759. The second kappa shape index (κ2) is 8.19. The molecule has 23 heavy (non-hydrogen) atoms. The lowest BCUT2D eigenvalue weighted by atomic mass is 10.1. The van der Waals surface area contributed by atoms with Crippen LogP contribution >= 0.6 is 0 Å². The SMILES string of the molecule is COc1ccc([C@H](O)CNC(=O)N[C@@H](C)Cn2cccn2)cc1. The van der Waals surface area contributed by atoms with E-state index in [0.29, 0.717) is 6.54 Å². The molecule has 7 nitrogen and oxygen atoms in total. The Labute approximate surface area is 135 Å². The van der Waals surface area contributed by atoms with E-state index in [9.17, 15) is 9.90 Å². The number of aliphatic hydroxyl groups is 1. The van der Waals surface area contributed by atoms with Crippen LogP contribution in [-0.4, -0.2) is 40.6 Å². The zero-order chi connectivity index (χ0) is 16.7. The van der Waals surface area contributed by atoms with Crippen molar-refractivity contribution < 1.29 is 14.6 Å². The lowest BCUT2D eigenvalue weighted by molar-refractivity contribution is 0.172. The van der Waals surface area contributed by atoms with Crippen LogP contribution < -0.4 is 15.4 Å². The van der Waals surface area contributed by atoms with Crippen LogP contribution in [-0.2, 0) is 6.54 Å². The molecule has 1 aromatic heterocycles. The van der Waals surface area contributed by atoms with E-state index in [2.05, 4.69) is 15.7 Å². The highest BCUT2D eigenvalue weighted by Crippen LogP contribution is 2.16. The third kappa shape index (κ3) is 5.30. The van der Waals surface area contributed by atoms with Crippen LogP contribution in [0.2, 0.25) is 0 Å². The van der Waals surface area contributed by atoms with Gasteiger partial charge >= 0.3 is 6.03 Å². The van der Waals surface area contributed by atoms with E-state index in [0.717, 1.165) is 11.3 Å². The second-order valence-corrected chi connectivity index (χ2v) is 5.27. The summed E-state index contributed by atoms with van der Waals surface area (Å²) < 4.78 is 6.81. The number of carbonyl (C=O) groups excluding carboxylic acids is 1. The first-order valence-electron chi connectivity index (χ1n) is 7.42. The molecule has 0 saturated carbocycles. The first kappa shape index (κ1) is 16.8. The summed E-state index contributed by atoms with van der Waals surface area (Å²) in [6.07, 6.45) is 2.76. The molecule has 0 unspecified atom stereocenters. The molecule has 0 aliphatic heterocycles. The number of aromatic nitrogens is 2. The van der Waals surface area contributed by atoms with E-state index in [1.165, 1.54) is 0 Å². The van der Waals surface area contributed by atoms with E-state index in [1.807, 2.05) is 19.2 Å². The van der Waals surface area contributed by atoms with Gasteiger partial charge in [0.15, 0.2) is 0 Å². The molecule has 2 rings (SSSR count). The molecule has 0 fully saturated rings. The van der Waals surface area contributed by atoms with Crippen molar-refractivity contribution in [1.29, 1.82) is 0 Å². The lowest BCUT2D eigenvalue weighted by Gasteiger charge is -2.17.